The van der Waals surface area contributed by atoms with Gasteiger partial charge in [0.05, 0.1) is 11.8 Å². The Morgan fingerprint density at radius 2 is 1.96 bits per heavy atom. The van der Waals surface area contributed by atoms with E-state index in [1.165, 1.54) is 25.7 Å². The van der Waals surface area contributed by atoms with Crippen LogP contribution in [0.3, 0.4) is 0 Å². The maximum atomic E-state index is 11.8. The Hall–Kier alpha value is -1.82. The Balaban J connectivity index is 1.43. The van der Waals surface area contributed by atoms with Gasteiger partial charge in [-0.3, -0.25) is 15.2 Å². The average molecular weight is 342 g/mol. The fourth-order valence-corrected chi connectivity index (χ4v) is 4.32. The molecule has 1 N–H and O–H groups in total. The van der Waals surface area contributed by atoms with Gasteiger partial charge in [-0.05, 0) is 37.0 Å². The van der Waals surface area contributed by atoms with Crippen LogP contribution in [0.15, 0.2) is 34.4 Å². The van der Waals surface area contributed by atoms with Crippen molar-refractivity contribution in [1.82, 2.24) is 5.43 Å². The molecule has 0 unspecified atom stereocenters. The van der Waals surface area contributed by atoms with E-state index in [-0.39, 0.29) is 5.91 Å². The number of benzene rings is 1. The zero-order chi connectivity index (χ0) is 16.4. The summed E-state index contributed by atoms with van der Waals surface area (Å²) >= 11 is 1.73. The van der Waals surface area contributed by atoms with E-state index < -0.39 is 0 Å². The minimum atomic E-state index is 0.225. The number of nitrogens with zero attached hydrogens (tertiary/aromatic N) is 3. The van der Waals surface area contributed by atoms with Gasteiger partial charge in [0.2, 0.25) is 5.91 Å². The summed E-state index contributed by atoms with van der Waals surface area (Å²) in [4.78, 5) is 18.4. The standard InChI is InChI=1S/C18H22N4OS/c23-17-6-3-11-22(17)15-9-7-13(8-10-15)16-12-24-18(21-20-16)19-14-4-1-2-5-14/h7-10,14H,1-6,11-12H2,(H,19,21). The Labute approximate surface area is 146 Å². The molecule has 2 heterocycles. The first-order valence-electron chi connectivity index (χ1n) is 8.73. The fraction of sp³-hybridized carbons (Fsp3) is 0.500. The monoisotopic (exact) mass is 342 g/mol. The van der Waals surface area contributed by atoms with Gasteiger partial charge >= 0.3 is 0 Å². The van der Waals surface area contributed by atoms with Gasteiger partial charge < -0.3 is 4.90 Å². The molecule has 24 heavy (non-hydrogen) atoms. The molecule has 1 saturated carbocycles. The molecule has 0 atom stereocenters. The number of amides is 1. The summed E-state index contributed by atoms with van der Waals surface area (Å²) < 4.78 is 0. The predicted molar refractivity (Wildman–Crippen MR) is 99.9 cm³/mol. The molecule has 1 aliphatic carbocycles. The van der Waals surface area contributed by atoms with Crippen molar-refractivity contribution >= 4 is 34.2 Å². The average Bonchev–Trinajstić information content (AvgIpc) is 3.27. The summed E-state index contributed by atoms with van der Waals surface area (Å²) in [5, 5.41) is 5.45. The fourth-order valence-electron chi connectivity index (χ4n) is 3.48. The Morgan fingerprint density at radius 1 is 1.17 bits per heavy atom. The van der Waals surface area contributed by atoms with E-state index in [0.29, 0.717) is 12.5 Å². The van der Waals surface area contributed by atoms with Gasteiger partial charge in [-0.1, -0.05) is 36.7 Å². The van der Waals surface area contributed by atoms with Crippen LogP contribution >= 0.6 is 11.8 Å². The number of thioether (sulfide) groups is 1. The van der Waals surface area contributed by atoms with Crippen molar-refractivity contribution in [3.8, 4) is 0 Å². The second kappa shape index (κ2) is 6.97. The molecule has 2 fully saturated rings. The number of aliphatic imine (C=N–C) groups is 1. The topological polar surface area (TPSA) is 57.1 Å². The summed E-state index contributed by atoms with van der Waals surface area (Å²) in [6, 6.07) is 8.64. The van der Waals surface area contributed by atoms with E-state index in [0.717, 1.165) is 40.8 Å². The van der Waals surface area contributed by atoms with Crippen LogP contribution in [0.2, 0.25) is 0 Å². The lowest BCUT2D eigenvalue weighted by atomic mass is 10.1. The summed E-state index contributed by atoms with van der Waals surface area (Å²) in [6.07, 6.45) is 6.63. The lowest BCUT2D eigenvalue weighted by Crippen LogP contribution is -2.27. The molecule has 0 spiro atoms. The second-order valence-electron chi connectivity index (χ2n) is 6.53. The number of hydrazone groups is 1. The molecule has 3 aliphatic rings. The van der Waals surface area contributed by atoms with Crippen LogP contribution in [0.1, 0.15) is 44.1 Å². The number of hydrogen-bond donors (Lipinski definition) is 1. The van der Waals surface area contributed by atoms with E-state index in [4.69, 9.17) is 4.99 Å². The Kier molecular flexibility index (Phi) is 4.56. The van der Waals surface area contributed by atoms with Crippen LogP contribution in [-0.4, -0.2) is 35.1 Å². The van der Waals surface area contributed by atoms with Crippen LogP contribution in [0.25, 0.3) is 0 Å². The number of rotatable bonds is 3. The van der Waals surface area contributed by atoms with E-state index in [2.05, 4.69) is 22.7 Å². The van der Waals surface area contributed by atoms with Gasteiger partial charge in [-0.15, -0.1) is 0 Å². The zero-order valence-electron chi connectivity index (χ0n) is 13.7. The summed E-state index contributed by atoms with van der Waals surface area (Å²) in [5.41, 5.74) is 6.23. The quantitative estimate of drug-likeness (QED) is 0.918. The molecular formula is C18H22N4OS. The maximum absolute atomic E-state index is 11.8. The number of anilines is 1. The van der Waals surface area contributed by atoms with Gasteiger partial charge in [-0.25, -0.2) is 0 Å². The highest BCUT2D eigenvalue weighted by Gasteiger charge is 2.22. The molecule has 1 aromatic rings. The Morgan fingerprint density at radius 3 is 2.58 bits per heavy atom. The van der Waals surface area contributed by atoms with Gasteiger partial charge in [0.1, 0.15) is 0 Å². The van der Waals surface area contributed by atoms with E-state index in [9.17, 15) is 4.79 Å². The van der Waals surface area contributed by atoms with Crippen molar-refractivity contribution in [2.45, 2.75) is 44.6 Å². The molecule has 6 heteroatoms. The number of carbonyl (C=O) groups excluding carboxylic acids is 1. The molecule has 0 bridgehead atoms. The molecule has 1 amide bonds. The minimum Gasteiger partial charge on any atom is -0.312 e. The van der Waals surface area contributed by atoms with E-state index in [1.54, 1.807) is 11.8 Å². The summed E-state index contributed by atoms with van der Waals surface area (Å²) in [5.74, 6) is 1.06. The van der Waals surface area contributed by atoms with Crippen LogP contribution in [0, 0.1) is 0 Å². The third-order valence-corrected chi connectivity index (χ3v) is 5.73. The van der Waals surface area contributed by atoms with Gasteiger partial charge in [0.15, 0.2) is 5.17 Å². The van der Waals surface area contributed by atoms with Crippen molar-refractivity contribution in [1.29, 1.82) is 0 Å². The van der Waals surface area contributed by atoms with Crippen molar-refractivity contribution in [2.75, 3.05) is 17.2 Å². The summed E-state index contributed by atoms with van der Waals surface area (Å²) in [7, 11) is 0. The number of amidine groups is 1. The maximum Gasteiger partial charge on any atom is 0.227 e. The molecule has 0 radical (unpaired) electrons. The van der Waals surface area contributed by atoms with Crippen molar-refractivity contribution < 1.29 is 4.79 Å². The van der Waals surface area contributed by atoms with Crippen molar-refractivity contribution in [3.63, 3.8) is 0 Å². The first-order valence-corrected chi connectivity index (χ1v) is 9.72. The molecule has 1 aromatic carbocycles. The van der Waals surface area contributed by atoms with Crippen LogP contribution in [0.4, 0.5) is 5.69 Å². The number of carbonyl (C=O) groups is 1. The second-order valence-corrected chi connectivity index (χ2v) is 7.49. The van der Waals surface area contributed by atoms with Crippen LogP contribution in [0.5, 0.6) is 0 Å². The minimum absolute atomic E-state index is 0.225. The smallest absolute Gasteiger partial charge is 0.227 e. The van der Waals surface area contributed by atoms with Gasteiger partial charge in [-0.2, -0.15) is 5.10 Å². The lowest BCUT2D eigenvalue weighted by Gasteiger charge is -2.18. The first-order chi connectivity index (χ1) is 11.8. The molecular weight excluding hydrogens is 320 g/mol. The third-order valence-electron chi connectivity index (χ3n) is 4.84. The highest BCUT2D eigenvalue weighted by atomic mass is 32.2. The first kappa shape index (κ1) is 15.7. The largest absolute Gasteiger partial charge is 0.312 e. The third kappa shape index (κ3) is 3.34. The van der Waals surface area contributed by atoms with Gasteiger partial charge in [0, 0.05) is 24.4 Å². The zero-order valence-corrected chi connectivity index (χ0v) is 14.5. The highest BCUT2D eigenvalue weighted by molar-refractivity contribution is 8.14. The Bertz CT molecular complexity index is 677. The van der Waals surface area contributed by atoms with Crippen LogP contribution < -0.4 is 10.3 Å². The highest BCUT2D eigenvalue weighted by Crippen LogP contribution is 2.24. The number of nitrogens with one attached hydrogen (secondary N) is 1. The molecule has 2 aliphatic heterocycles. The summed E-state index contributed by atoms with van der Waals surface area (Å²) in [6.45, 7) is 0.831. The molecule has 5 nitrogen and oxygen atoms in total. The lowest BCUT2D eigenvalue weighted by molar-refractivity contribution is -0.117. The van der Waals surface area contributed by atoms with E-state index >= 15 is 0 Å². The van der Waals surface area contributed by atoms with Gasteiger partial charge in [0.25, 0.3) is 0 Å². The SMILES string of the molecule is O=C1CCCN1c1ccc(C2=NNC(=NC3CCCC3)SC2)cc1. The molecule has 4 rings (SSSR count). The molecule has 0 aromatic heterocycles. The van der Waals surface area contributed by atoms with Crippen molar-refractivity contribution in [3.05, 3.63) is 29.8 Å². The number of hydrogen-bond acceptors (Lipinski definition) is 4. The molecule has 126 valence electrons. The van der Waals surface area contributed by atoms with E-state index in [1.807, 2.05) is 17.0 Å². The van der Waals surface area contributed by atoms with Crippen LogP contribution in [-0.2, 0) is 4.79 Å². The molecule has 1 saturated heterocycles. The normalized spacial score (nSPS) is 23.7. The predicted octanol–water partition coefficient (Wildman–Crippen LogP) is 3.15. The van der Waals surface area contributed by atoms with Crippen molar-refractivity contribution in [2.24, 2.45) is 10.1 Å².